The third-order valence-corrected chi connectivity index (χ3v) is 4.15. The summed E-state index contributed by atoms with van der Waals surface area (Å²) in [5.41, 5.74) is -0.738. The molecule has 0 aliphatic heterocycles. The Morgan fingerprint density at radius 3 is 2.63 bits per heavy atom. The van der Waals surface area contributed by atoms with Crippen molar-refractivity contribution in [2.75, 3.05) is 11.9 Å². The number of ether oxygens (including phenoxy) is 1. The van der Waals surface area contributed by atoms with Gasteiger partial charge < -0.3 is 10.1 Å². The van der Waals surface area contributed by atoms with Gasteiger partial charge in [0.2, 0.25) is 0 Å². The van der Waals surface area contributed by atoms with E-state index >= 15 is 0 Å². The summed E-state index contributed by atoms with van der Waals surface area (Å²) in [5.74, 6) is -0.680. The van der Waals surface area contributed by atoms with Crippen molar-refractivity contribution in [3.8, 4) is 0 Å². The van der Waals surface area contributed by atoms with E-state index in [9.17, 15) is 9.18 Å². The van der Waals surface area contributed by atoms with Gasteiger partial charge in [-0.05, 0) is 38.8 Å². The van der Waals surface area contributed by atoms with Gasteiger partial charge in [-0.3, -0.25) is 0 Å². The van der Waals surface area contributed by atoms with E-state index in [0.717, 1.165) is 12.8 Å². The van der Waals surface area contributed by atoms with Crippen LogP contribution in [0.5, 0.6) is 0 Å². The summed E-state index contributed by atoms with van der Waals surface area (Å²) in [6, 6.07) is 6.38. The number of halogens is 1. The second kappa shape index (κ2) is 4.83. The molecule has 1 atom stereocenters. The lowest BCUT2D eigenvalue weighted by Crippen LogP contribution is -2.51. The maximum absolute atomic E-state index is 13.8. The van der Waals surface area contributed by atoms with Gasteiger partial charge in [-0.2, -0.15) is 0 Å². The highest BCUT2D eigenvalue weighted by Gasteiger charge is 2.58. The third-order valence-electron chi connectivity index (χ3n) is 4.15. The molecule has 0 aromatic heterocycles. The molecule has 19 heavy (non-hydrogen) atoms. The maximum atomic E-state index is 13.8. The fraction of sp³-hybridized carbons (Fsp3) is 0.533. The van der Waals surface area contributed by atoms with Crippen LogP contribution in [0.15, 0.2) is 24.3 Å². The largest absolute Gasteiger partial charge is 0.464 e. The number of carbonyl (C=O) groups is 1. The predicted octanol–water partition coefficient (Wildman–Crippen LogP) is 3.36. The van der Waals surface area contributed by atoms with E-state index in [1.807, 2.05) is 6.92 Å². The fourth-order valence-electron chi connectivity index (χ4n) is 2.24. The summed E-state index contributed by atoms with van der Waals surface area (Å²) >= 11 is 0. The molecule has 1 N–H and O–H groups in total. The van der Waals surface area contributed by atoms with E-state index < -0.39 is 5.54 Å². The van der Waals surface area contributed by atoms with Crippen LogP contribution in [0.4, 0.5) is 10.1 Å². The highest BCUT2D eigenvalue weighted by Crippen LogP contribution is 2.55. The average molecular weight is 265 g/mol. The topological polar surface area (TPSA) is 38.3 Å². The minimum atomic E-state index is -0.898. The summed E-state index contributed by atoms with van der Waals surface area (Å²) in [4.78, 5) is 12.3. The molecule has 1 aromatic rings. The molecule has 1 aliphatic carbocycles. The Morgan fingerprint density at radius 1 is 1.47 bits per heavy atom. The first-order valence-electron chi connectivity index (χ1n) is 6.63. The van der Waals surface area contributed by atoms with Gasteiger partial charge in [0.15, 0.2) is 0 Å². The van der Waals surface area contributed by atoms with E-state index in [4.69, 9.17) is 4.74 Å². The number of benzene rings is 1. The number of esters is 1. The molecule has 0 radical (unpaired) electrons. The van der Waals surface area contributed by atoms with Crippen LogP contribution in [0.25, 0.3) is 0 Å². The summed E-state index contributed by atoms with van der Waals surface area (Å²) in [6.45, 7) is 5.92. The van der Waals surface area contributed by atoms with Gasteiger partial charge in [0.05, 0.1) is 12.3 Å². The lowest BCUT2D eigenvalue weighted by atomic mass is 9.83. The van der Waals surface area contributed by atoms with Crippen LogP contribution in [-0.4, -0.2) is 18.1 Å². The van der Waals surface area contributed by atoms with Crippen molar-refractivity contribution in [3.63, 3.8) is 0 Å². The molecule has 0 heterocycles. The monoisotopic (exact) mass is 265 g/mol. The summed E-state index contributed by atoms with van der Waals surface area (Å²) in [6.07, 6.45) is 1.87. The highest BCUT2D eigenvalue weighted by atomic mass is 19.1. The molecular formula is C15H20FNO2. The van der Waals surface area contributed by atoms with Gasteiger partial charge >= 0.3 is 5.97 Å². The normalized spacial score (nSPS) is 19.4. The Balaban J connectivity index is 2.29. The van der Waals surface area contributed by atoms with Crippen LogP contribution in [0.3, 0.4) is 0 Å². The summed E-state index contributed by atoms with van der Waals surface area (Å²) < 4.78 is 18.9. The van der Waals surface area contributed by atoms with E-state index in [2.05, 4.69) is 5.32 Å². The van der Waals surface area contributed by atoms with Crippen molar-refractivity contribution < 1.29 is 13.9 Å². The molecule has 1 aromatic carbocycles. The van der Waals surface area contributed by atoms with Crippen molar-refractivity contribution in [1.29, 1.82) is 0 Å². The van der Waals surface area contributed by atoms with Crippen LogP contribution >= 0.6 is 0 Å². The molecule has 0 bridgehead atoms. The van der Waals surface area contributed by atoms with Crippen LogP contribution in [-0.2, 0) is 9.53 Å². The number of para-hydroxylation sites is 1. The average Bonchev–Trinajstić information content (AvgIpc) is 3.12. The zero-order valence-corrected chi connectivity index (χ0v) is 11.6. The molecule has 1 fully saturated rings. The minimum absolute atomic E-state index is 0.179. The van der Waals surface area contributed by atoms with E-state index in [0.29, 0.717) is 12.3 Å². The Bertz CT molecular complexity index is 485. The summed E-state index contributed by atoms with van der Waals surface area (Å²) in [7, 11) is 0. The van der Waals surface area contributed by atoms with Crippen molar-refractivity contribution in [1.82, 2.24) is 0 Å². The first-order chi connectivity index (χ1) is 8.93. The number of nitrogens with one attached hydrogen (secondary N) is 1. The molecule has 0 amide bonds. The van der Waals surface area contributed by atoms with Gasteiger partial charge in [0.25, 0.3) is 0 Å². The molecule has 4 heteroatoms. The number of hydrogen-bond donors (Lipinski definition) is 1. The zero-order valence-electron chi connectivity index (χ0n) is 11.6. The molecule has 1 unspecified atom stereocenters. The van der Waals surface area contributed by atoms with Gasteiger partial charge in [-0.25, -0.2) is 9.18 Å². The van der Waals surface area contributed by atoms with Crippen LogP contribution < -0.4 is 5.32 Å². The van der Waals surface area contributed by atoms with E-state index in [-0.39, 0.29) is 17.2 Å². The third kappa shape index (κ3) is 2.44. The Morgan fingerprint density at radius 2 is 2.11 bits per heavy atom. The SMILES string of the molecule is CCOC(=O)C(C)(Nc1ccccc1F)C1(C)CC1. The van der Waals surface area contributed by atoms with Crippen molar-refractivity contribution >= 4 is 11.7 Å². The van der Waals surface area contributed by atoms with Gasteiger partial charge in [-0.15, -0.1) is 0 Å². The van der Waals surface area contributed by atoms with Crippen LogP contribution in [0, 0.1) is 11.2 Å². The molecule has 0 spiro atoms. The molecule has 3 nitrogen and oxygen atoms in total. The van der Waals surface area contributed by atoms with Crippen LogP contribution in [0.1, 0.15) is 33.6 Å². The molecule has 0 saturated heterocycles. The number of anilines is 1. The van der Waals surface area contributed by atoms with Crippen molar-refractivity contribution in [2.24, 2.45) is 5.41 Å². The number of hydrogen-bond acceptors (Lipinski definition) is 3. The van der Waals surface area contributed by atoms with Crippen molar-refractivity contribution in [3.05, 3.63) is 30.1 Å². The van der Waals surface area contributed by atoms with Gasteiger partial charge in [0, 0.05) is 5.41 Å². The zero-order chi connectivity index (χ0) is 14.1. The standard InChI is InChI=1S/C15H20FNO2/c1-4-19-13(18)15(3,14(2)9-10-14)17-12-8-6-5-7-11(12)16/h5-8,17H,4,9-10H2,1-3H3. The molecule has 104 valence electrons. The molecule has 1 aliphatic rings. The lowest BCUT2D eigenvalue weighted by Gasteiger charge is -2.35. The number of carbonyl (C=O) groups excluding carboxylic acids is 1. The smallest absolute Gasteiger partial charge is 0.332 e. The molecule has 1 saturated carbocycles. The second-order valence-electron chi connectivity index (χ2n) is 5.51. The van der Waals surface area contributed by atoms with Crippen molar-refractivity contribution in [2.45, 2.75) is 39.2 Å². The lowest BCUT2D eigenvalue weighted by molar-refractivity contribution is -0.150. The van der Waals surface area contributed by atoms with Gasteiger partial charge in [-0.1, -0.05) is 19.1 Å². The molecular weight excluding hydrogens is 245 g/mol. The summed E-state index contributed by atoms with van der Waals surface area (Å²) in [5, 5.41) is 3.06. The predicted molar refractivity (Wildman–Crippen MR) is 72.4 cm³/mol. The molecule has 2 rings (SSSR count). The fourth-order valence-corrected chi connectivity index (χ4v) is 2.24. The second-order valence-corrected chi connectivity index (χ2v) is 5.51. The maximum Gasteiger partial charge on any atom is 0.332 e. The first-order valence-corrected chi connectivity index (χ1v) is 6.63. The number of rotatable bonds is 5. The van der Waals surface area contributed by atoms with E-state index in [1.165, 1.54) is 6.07 Å². The minimum Gasteiger partial charge on any atom is -0.464 e. The van der Waals surface area contributed by atoms with Gasteiger partial charge in [0.1, 0.15) is 11.4 Å². The Labute approximate surface area is 113 Å². The Hall–Kier alpha value is -1.58. The Kier molecular flexibility index (Phi) is 3.52. The highest BCUT2D eigenvalue weighted by molar-refractivity contribution is 5.86. The quantitative estimate of drug-likeness (QED) is 0.830. The van der Waals surface area contributed by atoms with E-state index in [1.54, 1.807) is 32.0 Å². The first kappa shape index (κ1) is 13.8. The van der Waals surface area contributed by atoms with Crippen LogP contribution in [0.2, 0.25) is 0 Å².